The Morgan fingerprint density at radius 2 is 2.29 bits per heavy atom. The van der Waals surface area contributed by atoms with E-state index in [4.69, 9.17) is 9.47 Å². The second-order valence-corrected chi connectivity index (χ2v) is 4.72. The van der Waals surface area contributed by atoms with Crippen molar-refractivity contribution in [2.75, 3.05) is 26.9 Å². The minimum absolute atomic E-state index is 0.0722. The van der Waals surface area contributed by atoms with Crippen LogP contribution in [0.1, 0.15) is 17.3 Å². The lowest BCUT2D eigenvalue weighted by Gasteiger charge is -2.38. The van der Waals surface area contributed by atoms with E-state index in [9.17, 15) is 4.79 Å². The molecule has 1 aliphatic heterocycles. The SMILES string of the molecule is COc1cccc(C(=O)NCC2(C)COC2)c1. The Balaban J connectivity index is 1.94. The second kappa shape index (κ2) is 4.75. The van der Waals surface area contributed by atoms with Crippen LogP contribution in [0, 0.1) is 5.41 Å². The van der Waals surface area contributed by atoms with Gasteiger partial charge in [0.15, 0.2) is 0 Å². The molecule has 1 aromatic rings. The molecule has 1 fully saturated rings. The number of hydrogen-bond acceptors (Lipinski definition) is 3. The van der Waals surface area contributed by atoms with Crippen LogP contribution in [-0.2, 0) is 4.74 Å². The molecule has 1 amide bonds. The van der Waals surface area contributed by atoms with Crippen molar-refractivity contribution in [1.29, 1.82) is 0 Å². The quantitative estimate of drug-likeness (QED) is 0.859. The van der Waals surface area contributed by atoms with E-state index in [0.29, 0.717) is 31.1 Å². The van der Waals surface area contributed by atoms with E-state index in [2.05, 4.69) is 12.2 Å². The molecule has 1 aliphatic rings. The van der Waals surface area contributed by atoms with Gasteiger partial charge in [-0.2, -0.15) is 0 Å². The van der Waals surface area contributed by atoms with Gasteiger partial charge in [-0.05, 0) is 18.2 Å². The first-order valence-electron chi connectivity index (χ1n) is 5.63. The maximum Gasteiger partial charge on any atom is 0.251 e. The van der Waals surface area contributed by atoms with Gasteiger partial charge in [0.05, 0.1) is 20.3 Å². The van der Waals surface area contributed by atoms with Crippen LogP contribution in [0.25, 0.3) is 0 Å². The molecular formula is C13H17NO3. The molecule has 4 nitrogen and oxygen atoms in total. The van der Waals surface area contributed by atoms with Crippen LogP contribution in [0.3, 0.4) is 0 Å². The van der Waals surface area contributed by atoms with E-state index < -0.39 is 0 Å². The Hall–Kier alpha value is -1.55. The number of carbonyl (C=O) groups excluding carboxylic acids is 1. The first kappa shape index (κ1) is 11.9. The van der Waals surface area contributed by atoms with Crippen molar-refractivity contribution in [2.24, 2.45) is 5.41 Å². The van der Waals surface area contributed by atoms with Crippen molar-refractivity contribution in [3.8, 4) is 5.75 Å². The van der Waals surface area contributed by atoms with E-state index in [-0.39, 0.29) is 11.3 Å². The molecule has 92 valence electrons. The van der Waals surface area contributed by atoms with Gasteiger partial charge in [0.2, 0.25) is 0 Å². The Labute approximate surface area is 101 Å². The second-order valence-electron chi connectivity index (χ2n) is 4.72. The van der Waals surface area contributed by atoms with Gasteiger partial charge in [-0.25, -0.2) is 0 Å². The highest BCUT2D eigenvalue weighted by Crippen LogP contribution is 2.25. The van der Waals surface area contributed by atoms with Gasteiger partial charge < -0.3 is 14.8 Å². The fraction of sp³-hybridized carbons (Fsp3) is 0.462. The van der Waals surface area contributed by atoms with Crippen LogP contribution in [0.5, 0.6) is 5.75 Å². The molecule has 1 heterocycles. The third-order valence-corrected chi connectivity index (χ3v) is 2.91. The molecule has 0 spiro atoms. The zero-order valence-corrected chi connectivity index (χ0v) is 10.2. The highest BCUT2D eigenvalue weighted by molar-refractivity contribution is 5.94. The summed E-state index contributed by atoms with van der Waals surface area (Å²) in [5.74, 6) is 0.618. The highest BCUT2D eigenvalue weighted by atomic mass is 16.5. The van der Waals surface area contributed by atoms with Gasteiger partial charge >= 0.3 is 0 Å². The smallest absolute Gasteiger partial charge is 0.251 e. The normalized spacial score (nSPS) is 17.1. The highest BCUT2D eigenvalue weighted by Gasteiger charge is 2.33. The molecular weight excluding hydrogens is 218 g/mol. The number of methoxy groups -OCH3 is 1. The van der Waals surface area contributed by atoms with Crippen molar-refractivity contribution in [1.82, 2.24) is 5.32 Å². The number of benzene rings is 1. The zero-order chi connectivity index (χ0) is 12.3. The van der Waals surface area contributed by atoms with Crippen molar-refractivity contribution >= 4 is 5.91 Å². The summed E-state index contributed by atoms with van der Waals surface area (Å²) < 4.78 is 10.2. The lowest BCUT2D eigenvalue weighted by atomic mass is 9.88. The predicted octanol–water partition coefficient (Wildman–Crippen LogP) is 1.46. The van der Waals surface area contributed by atoms with Gasteiger partial charge in [0, 0.05) is 17.5 Å². The minimum atomic E-state index is -0.0722. The molecule has 2 rings (SSSR count). The monoisotopic (exact) mass is 235 g/mol. The molecule has 1 saturated heterocycles. The topological polar surface area (TPSA) is 47.6 Å². The van der Waals surface area contributed by atoms with Gasteiger partial charge in [-0.1, -0.05) is 13.0 Å². The molecule has 0 atom stereocenters. The third-order valence-electron chi connectivity index (χ3n) is 2.91. The van der Waals surface area contributed by atoms with Crippen LogP contribution in [0.15, 0.2) is 24.3 Å². The van der Waals surface area contributed by atoms with Crippen molar-refractivity contribution in [3.63, 3.8) is 0 Å². The standard InChI is InChI=1S/C13H17NO3/c1-13(8-17-9-13)7-14-12(15)10-4-3-5-11(6-10)16-2/h3-6H,7-9H2,1-2H3,(H,14,15). The lowest BCUT2D eigenvalue weighted by Crippen LogP contribution is -2.48. The summed E-state index contributed by atoms with van der Waals surface area (Å²) in [5, 5.41) is 2.92. The Kier molecular flexibility index (Phi) is 3.33. The number of hydrogen-bond donors (Lipinski definition) is 1. The average Bonchev–Trinajstić information content (AvgIpc) is 2.33. The Morgan fingerprint density at radius 1 is 1.53 bits per heavy atom. The number of ether oxygens (including phenoxy) is 2. The molecule has 0 bridgehead atoms. The van der Waals surface area contributed by atoms with Crippen LogP contribution in [0.2, 0.25) is 0 Å². The van der Waals surface area contributed by atoms with E-state index in [1.54, 1.807) is 19.2 Å². The molecule has 0 saturated carbocycles. The van der Waals surface area contributed by atoms with E-state index in [1.165, 1.54) is 0 Å². The van der Waals surface area contributed by atoms with Gasteiger partial charge in [-0.15, -0.1) is 0 Å². The van der Waals surface area contributed by atoms with Gasteiger partial charge in [-0.3, -0.25) is 4.79 Å². The van der Waals surface area contributed by atoms with Crippen LogP contribution in [0.4, 0.5) is 0 Å². The molecule has 0 unspecified atom stereocenters. The van der Waals surface area contributed by atoms with Crippen molar-refractivity contribution < 1.29 is 14.3 Å². The minimum Gasteiger partial charge on any atom is -0.497 e. The summed E-state index contributed by atoms with van der Waals surface area (Å²) in [4.78, 5) is 11.9. The summed E-state index contributed by atoms with van der Waals surface area (Å²) in [6, 6.07) is 7.13. The number of rotatable bonds is 4. The van der Waals surface area contributed by atoms with Crippen LogP contribution < -0.4 is 10.1 Å². The van der Waals surface area contributed by atoms with Crippen LogP contribution in [-0.4, -0.2) is 32.8 Å². The lowest BCUT2D eigenvalue weighted by molar-refractivity contribution is -0.0978. The largest absolute Gasteiger partial charge is 0.497 e. The average molecular weight is 235 g/mol. The Morgan fingerprint density at radius 3 is 2.88 bits per heavy atom. The maximum atomic E-state index is 11.9. The van der Waals surface area contributed by atoms with Crippen LogP contribution >= 0.6 is 0 Å². The molecule has 4 heteroatoms. The molecule has 1 aromatic carbocycles. The summed E-state index contributed by atoms with van der Waals surface area (Å²) in [5.41, 5.74) is 0.710. The molecule has 17 heavy (non-hydrogen) atoms. The predicted molar refractivity (Wildman–Crippen MR) is 64.3 cm³/mol. The number of carbonyl (C=O) groups is 1. The van der Waals surface area contributed by atoms with E-state index in [1.807, 2.05) is 12.1 Å². The summed E-state index contributed by atoms with van der Waals surface area (Å²) in [7, 11) is 1.59. The fourth-order valence-corrected chi connectivity index (χ4v) is 1.71. The first-order valence-corrected chi connectivity index (χ1v) is 5.63. The number of amides is 1. The fourth-order valence-electron chi connectivity index (χ4n) is 1.71. The summed E-state index contributed by atoms with van der Waals surface area (Å²) in [6.07, 6.45) is 0. The third kappa shape index (κ3) is 2.77. The first-order chi connectivity index (χ1) is 8.13. The maximum absolute atomic E-state index is 11.9. The molecule has 0 aromatic heterocycles. The molecule has 1 N–H and O–H groups in total. The van der Waals surface area contributed by atoms with Crippen molar-refractivity contribution in [2.45, 2.75) is 6.92 Å². The van der Waals surface area contributed by atoms with E-state index >= 15 is 0 Å². The van der Waals surface area contributed by atoms with E-state index in [0.717, 1.165) is 0 Å². The summed E-state index contributed by atoms with van der Waals surface area (Å²) >= 11 is 0. The van der Waals surface area contributed by atoms with Gasteiger partial charge in [0.1, 0.15) is 5.75 Å². The molecule has 0 aliphatic carbocycles. The molecule has 0 radical (unpaired) electrons. The number of nitrogens with one attached hydrogen (secondary N) is 1. The van der Waals surface area contributed by atoms with Crippen molar-refractivity contribution in [3.05, 3.63) is 29.8 Å². The van der Waals surface area contributed by atoms with Gasteiger partial charge in [0.25, 0.3) is 5.91 Å². The zero-order valence-electron chi connectivity index (χ0n) is 10.2. The summed E-state index contributed by atoms with van der Waals surface area (Å²) in [6.45, 7) is 4.17. The Bertz CT molecular complexity index is 413.